The third kappa shape index (κ3) is 4.84. The second-order valence-electron chi connectivity index (χ2n) is 3.60. The molecule has 0 spiro atoms. The fourth-order valence-corrected chi connectivity index (χ4v) is 1.62. The van der Waals surface area contributed by atoms with E-state index < -0.39 is 6.36 Å². The molecule has 0 saturated heterocycles. The van der Waals surface area contributed by atoms with E-state index in [4.69, 9.17) is 5.26 Å². The average Bonchev–Trinajstić information content (AvgIpc) is 2.20. The monoisotopic (exact) mass is 322 g/mol. The highest BCUT2D eigenvalue weighted by Crippen LogP contribution is 2.33. The van der Waals surface area contributed by atoms with Crippen molar-refractivity contribution >= 4 is 21.6 Å². The van der Waals surface area contributed by atoms with Gasteiger partial charge in [-0.15, -0.1) is 13.2 Å². The number of alkyl halides is 3. The highest BCUT2D eigenvalue weighted by molar-refractivity contribution is 9.10. The van der Waals surface area contributed by atoms with Crippen LogP contribution < -0.4 is 10.1 Å². The van der Waals surface area contributed by atoms with Crippen molar-refractivity contribution < 1.29 is 17.9 Å². The number of rotatable bonds is 4. The first-order valence-corrected chi connectivity index (χ1v) is 5.80. The van der Waals surface area contributed by atoms with Crippen LogP contribution in [0.2, 0.25) is 0 Å². The molecule has 1 aromatic rings. The molecule has 0 amide bonds. The topological polar surface area (TPSA) is 45.0 Å². The second-order valence-corrected chi connectivity index (χ2v) is 4.51. The van der Waals surface area contributed by atoms with Crippen molar-refractivity contribution in [3.05, 3.63) is 22.7 Å². The molecule has 0 fully saturated rings. The van der Waals surface area contributed by atoms with Crippen LogP contribution in [-0.4, -0.2) is 12.4 Å². The van der Waals surface area contributed by atoms with E-state index in [1.807, 2.05) is 6.07 Å². The van der Waals surface area contributed by atoms with Crippen LogP contribution in [0.4, 0.5) is 18.9 Å². The molecule has 1 unspecified atom stereocenters. The third-order valence-electron chi connectivity index (χ3n) is 1.97. The van der Waals surface area contributed by atoms with Crippen molar-refractivity contribution in [1.82, 2.24) is 0 Å². The van der Waals surface area contributed by atoms with Gasteiger partial charge in [-0.25, -0.2) is 0 Å². The Morgan fingerprint density at radius 2 is 2.17 bits per heavy atom. The molecule has 3 nitrogen and oxygen atoms in total. The van der Waals surface area contributed by atoms with Gasteiger partial charge in [-0.3, -0.25) is 0 Å². The lowest BCUT2D eigenvalue weighted by molar-refractivity contribution is -0.274. The van der Waals surface area contributed by atoms with E-state index in [-0.39, 0.29) is 23.9 Å². The Kier molecular flexibility index (Phi) is 4.84. The van der Waals surface area contributed by atoms with Gasteiger partial charge in [0, 0.05) is 10.5 Å². The van der Waals surface area contributed by atoms with Crippen molar-refractivity contribution in [3.8, 4) is 11.8 Å². The number of nitriles is 1. The zero-order valence-corrected chi connectivity index (χ0v) is 11.0. The summed E-state index contributed by atoms with van der Waals surface area (Å²) in [6, 6.07) is 5.92. The maximum absolute atomic E-state index is 12.2. The Hall–Kier alpha value is -1.42. The molecular formula is C11H10BrF3N2O. The largest absolute Gasteiger partial charge is 0.573 e. The summed E-state index contributed by atoms with van der Waals surface area (Å²) in [6.45, 7) is 1.70. The zero-order chi connectivity index (χ0) is 13.8. The van der Waals surface area contributed by atoms with Crippen LogP contribution in [0, 0.1) is 11.3 Å². The number of nitrogens with one attached hydrogen (secondary N) is 1. The van der Waals surface area contributed by atoms with E-state index in [0.717, 1.165) is 0 Å². The summed E-state index contributed by atoms with van der Waals surface area (Å²) in [7, 11) is 0. The number of halogens is 4. The molecule has 98 valence electrons. The quantitative estimate of drug-likeness (QED) is 0.909. The standard InChI is InChI=1S/C11H10BrF3N2O/c1-7(4-5-16)17-9-3-2-8(12)6-10(9)18-11(13,14)15/h2-3,6-7,17H,4H2,1H3. The molecule has 1 aromatic carbocycles. The Bertz CT molecular complexity index is 457. The Morgan fingerprint density at radius 3 is 2.72 bits per heavy atom. The van der Waals surface area contributed by atoms with E-state index in [1.54, 1.807) is 13.0 Å². The fraction of sp³-hybridized carbons (Fsp3) is 0.364. The molecule has 0 bridgehead atoms. The molecule has 18 heavy (non-hydrogen) atoms. The maximum Gasteiger partial charge on any atom is 0.573 e. The lowest BCUT2D eigenvalue weighted by atomic mass is 10.2. The van der Waals surface area contributed by atoms with Crippen LogP contribution in [0.3, 0.4) is 0 Å². The van der Waals surface area contributed by atoms with Crippen LogP contribution in [0.5, 0.6) is 5.75 Å². The third-order valence-corrected chi connectivity index (χ3v) is 2.46. The van der Waals surface area contributed by atoms with Gasteiger partial charge in [0.1, 0.15) is 0 Å². The van der Waals surface area contributed by atoms with Gasteiger partial charge in [0.05, 0.1) is 18.2 Å². The summed E-state index contributed by atoms with van der Waals surface area (Å²) in [5.74, 6) is -0.332. The van der Waals surface area contributed by atoms with Crippen molar-refractivity contribution in [2.24, 2.45) is 0 Å². The van der Waals surface area contributed by atoms with E-state index in [1.165, 1.54) is 12.1 Å². The van der Waals surface area contributed by atoms with Crippen LogP contribution in [0.15, 0.2) is 22.7 Å². The number of hydrogen-bond acceptors (Lipinski definition) is 3. The number of hydrogen-bond donors (Lipinski definition) is 1. The maximum atomic E-state index is 12.2. The SMILES string of the molecule is CC(CC#N)Nc1ccc(Br)cc1OC(F)(F)F. The first-order valence-electron chi connectivity index (χ1n) is 5.00. The fourth-order valence-electron chi connectivity index (χ4n) is 1.28. The minimum Gasteiger partial charge on any atom is -0.404 e. The van der Waals surface area contributed by atoms with Crippen LogP contribution in [0.1, 0.15) is 13.3 Å². The molecule has 0 aliphatic rings. The van der Waals surface area contributed by atoms with Crippen molar-refractivity contribution in [1.29, 1.82) is 5.26 Å². The van der Waals surface area contributed by atoms with Gasteiger partial charge in [0.2, 0.25) is 0 Å². The Morgan fingerprint density at radius 1 is 1.50 bits per heavy atom. The van der Waals surface area contributed by atoms with Gasteiger partial charge in [-0.2, -0.15) is 5.26 Å². The van der Waals surface area contributed by atoms with E-state index >= 15 is 0 Å². The molecule has 7 heteroatoms. The lowest BCUT2D eigenvalue weighted by Crippen LogP contribution is -2.20. The predicted molar refractivity (Wildman–Crippen MR) is 64.1 cm³/mol. The molecule has 0 radical (unpaired) electrons. The van der Waals surface area contributed by atoms with Crippen molar-refractivity contribution in [2.75, 3.05) is 5.32 Å². The number of ether oxygens (including phenoxy) is 1. The first kappa shape index (κ1) is 14.6. The van der Waals surface area contributed by atoms with Gasteiger partial charge in [-0.1, -0.05) is 15.9 Å². The summed E-state index contributed by atoms with van der Waals surface area (Å²) < 4.78 is 41.1. The molecule has 1 N–H and O–H groups in total. The summed E-state index contributed by atoms with van der Waals surface area (Å²) in [4.78, 5) is 0. The van der Waals surface area contributed by atoms with Crippen molar-refractivity contribution in [2.45, 2.75) is 25.7 Å². The van der Waals surface area contributed by atoms with E-state index in [9.17, 15) is 13.2 Å². The van der Waals surface area contributed by atoms with Gasteiger partial charge >= 0.3 is 6.36 Å². The minimum absolute atomic E-state index is 0.182. The molecule has 1 atom stereocenters. The van der Waals surface area contributed by atoms with Crippen LogP contribution in [0.25, 0.3) is 0 Å². The molecule has 0 heterocycles. The normalized spacial score (nSPS) is 12.7. The van der Waals surface area contributed by atoms with Crippen LogP contribution in [-0.2, 0) is 0 Å². The average molecular weight is 323 g/mol. The van der Waals surface area contributed by atoms with Gasteiger partial charge < -0.3 is 10.1 Å². The predicted octanol–water partition coefficient (Wildman–Crippen LogP) is 4.06. The Labute approximate surface area is 111 Å². The number of anilines is 1. The first-order chi connectivity index (χ1) is 8.31. The highest BCUT2D eigenvalue weighted by atomic mass is 79.9. The number of nitrogens with zero attached hydrogens (tertiary/aromatic N) is 1. The lowest BCUT2D eigenvalue weighted by Gasteiger charge is -2.17. The minimum atomic E-state index is -4.75. The molecule has 0 aliphatic carbocycles. The molecule has 0 aromatic heterocycles. The molecular weight excluding hydrogens is 313 g/mol. The highest BCUT2D eigenvalue weighted by Gasteiger charge is 2.32. The number of benzene rings is 1. The van der Waals surface area contributed by atoms with Gasteiger partial charge in [0.15, 0.2) is 5.75 Å². The van der Waals surface area contributed by atoms with Gasteiger partial charge in [-0.05, 0) is 25.1 Å². The van der Waals surface area contributed by atoms with E-state index in [0.29, 0.717) is 4.47 Å². The van der Waals surface area contributed by atoms with Crippen LogP contribution >= 0.6 is 15.9 Å². The second kappa shape index (κ2) is 5.96. The molecule has 0 aliphatic heterocycles. The summed E-state index contributed by atoms with van der Waals surface area (Å²) in [5, 5.41) is 11.3. The van der Waals surface area contributed by atoms with Gasteiger partial charge in [0.25, 0.3) is 0 Å². The van der Waals surface area contributed by atoms with Crippen molar-refractivity contribution in [3.63, 3.8) is 0 Å². The smallest absolute Gasteiger partial charge is 0.404 e. The van der Waals surface area contributed by atoms with E-state index in [2.05, 4.69) is 26.0 Å². The Balaban J connectivity index is 2.93. The molecule has 1 rings (SSSR count). The molecule has 0 saturated carbocycles. The summed E-state index contributed by atoms with van der Waals surface area (Å²) in [5.41, 5.74) is 0.193. The zero-order valence-electron chi connectivity index (χ0n) is 9.38. The summed E-state index contributed by atoms with van der Waals surface area (Å²) in [6.07, 6.45) is -4.57. The summed E-state index contributed by atoms with van der Waals surface area (Å²) >= 11 is 3.07.